The molecule has 0 spiro atoms. The Bertz CT molecular complexity index is 560. The third-order valence-corrected chi connectivity index (χ3v) is 4.89. The first-order valence-corrected chi connectivity index (χ1v) is 9.71. The molecule has 0 aliphatic heterocycles. The van der Waals surface area contributed by atoms with Crippen LogP contribution in [0.1, 0.15) is 45.0 Å². The zero-order valence-corrected chi connectivity index (χ0v) is 17.8. The van der Waals surface area contributed by atoms with Gasteiger partial charge < -0.3 is 14.8 Å². The van der Waals surface area contributed by atoms with Crippen LogP contribution in [-0.4, -0.2) is 50.2 Å². The molecule has 1 amide bonds. The highest BCUT2D eigenvalue weighted by Crippen LogP contribution is 2.36. The fourth-order valence-electron chi connectivity index (χ4n) is 2.91. The SMILES string of the molecule is CCOc1c(Br)cc(C(=O)NCC(C(C)C)N(CC)CC)cc1OC. The normalized spacial score (nSPS) is 12.4. The average molecular weight is 415 g/mol. The Morgan fingerprint density at radius 2 is 1.88 bits per heavy atom. The summed E-state index contributed by atoms with van der Waals surface area (Å²) < 4.78 is 11.6. The molecule has 0 aromatic heterocycles. The Hall–Kier alpha value is -1.27. The Morgan fingerprint density at radius 3 is 2.36 bits per heavy atom. The molecule has 6 heteroatoms. The number of methoxy groups -OCH3 is 1. The third-order valence-electron chi connectivity index (χ3n) is 4.30. The minimum Gasteiger partial charge on any atom is -0.493 e. The first kappa shape index (κ1) is 21.8. The summed E-state index contributed by atoms with van der Waals surface area (Å²) in [6.07, 6.45) is 0. The maximum atomic E-state index is 12.6. The number of nitrogens with zero attached hydrogens (tertiary/aromatic N) is 1. The predicted octanol–water partition coefficient (Wildman–Crippen LogP) is 3.95. The van der Waals surface area contributed by atoms with Crippen molar-refractivity contribution in [2.45, 2.75) is 40.7 Å². The van der Waals surface area contributed by atoms with Gasteiger partial charge in [0, 0.05) is 18.2 Å². The molecule has 0 aliphatic rings. The van der Waals surface area contributed by atoms with Crippen LogP contribution in [0.2, 0.25) is 0 Å². The van der Waals surface area contributed by atoms with E-state index in [2.05, 4.69) is 53.8 Å². The van der Waals surface area contributed by atoms with Crippen molar-refractivity contribution in [2.75, 3.05) is 33.4 Å². The first-order chi connectivity index (χ1) is 11.9. The molecule has 1 N–H and O–H groups in total. The molecule has 0 heterocycles. The largest absolute Gasteiger partial charge is 0.493 e. The summed E-state index contributed by atoms with van der Waals surface area (Å²) in [7, 11) is 1.57. The van der Waals surface area contributed by atoms with E-state index in [1.165, 1.54) is 0 Å². The number of halogens is 1. The van der Waals surface area contributed by atoms with Gasteiger partial charge in [0.15, 0.2) is 11.5 Å². The molecule has 5 nitrogen and oxygen atoms in total. The van der Waals surface area contributed by atoms with Crippen LogP contribution in [0.15, 0.2) is 16.6 Å². The second-order valence-corrected chi connectivity index (χ2v) is 7.02. The third kappa shape index (κ3) is 5.89. The lowest BCUT2D eigenvalue weighted by molar-refractivity contribution is 0.0920. The summed E-state index contributed by atoms with van der Waals surface area (Å²) in [6.45, 7) is 13.7. The topological polar surface area (TPSA) is 50.8 Å². The van der Waals surface area contributed by atoms with E-state index in [4.69, 9.17) is 9.47 Å². The molecule has 1 rings (SSSR count). The molecule has 1 unspecified atom stereocenters. The van der Waals surface area contributed by atoms with E-state index in [1.807, 2.05) is 6.92 Å². The molecule has 0 aliphatic carbocycles. The van der Waals surface area contributed by atoms with Crippen LogP contribution in [0.25, 0.3) is 0 Å². The van der Waals surface area contributed by atoms with Gasteiger partial charge in [0.05, 0.1) is 18.2 Å². The quantitative estimate of drug-likeness (QED) is 0.629. The summed E-state index contributed by atoms with van der Waals surface area (Å²) in [5.41, 5.74) is 0.550. The van der Waals surface area contributed by atoms with Crippen LogP contribution < -0.4 is 14.8 Å². The molecule has 25 heavy (non-hydrogen) atoms. The first-order valence-electron chi connectivity index (χ1n) is 8.91. The van der Waals surface area contributed by atoms with E-state index in [0.717, 1.165) is 13.1 Å². The van der Waals surface area contributed by atoms with Gasteiger partial charge in [-0.05, 0) is 54.0 Å². The van der Waals surface area contributed by atoms with Crippen molar-refractivity contribution in [3.63, 3.8) is 0 Å². The fourth-order valence-corrected chi connectivity index (χ4v) is 3.47. The van der Waals surface area contributed by atoms with Crippen molar-refractivity contribution >= 4 is 21.8 Å². The molecule has 0 bridgehead atoms. The van der Waals surface area contributed by atoms with Crippen LogP contribution in [-0.2, 0) is 0 Å². The summed E-state index contributed by atoms with van der Waals surface area (Å²) in [5.74, 6) is 1.51. The number of rotatable bonds is 10. The monoisotopic (exact) mass is 414 g/mol. The second-order valence-electron chi connectivity index (χ2n) is 6.17. The summed E-state index contributed by atoms with van der Waals surface area (Å²) >= 11 is 3.46. The highest BCUT2D eigenvalue weighted by Gasteiger charge is 2.21. The molecule has 1 atom stereocenters. The molecule has 0 saturated heterocycles. The molecule has 0 fully saturated rings. The van der Waals surface area contributed by atoms with E-state index >= 15 is 0 Å². The highest BCUT2D eigenvalue weighted by atomic mass is 79.9. The number of nitrogens with one attached hydrogen (secondary N) is 1. The molecule has 1 aromatic carbocycles. The number of hydrogen-bond donors (Lipinski definition) is 1. The van der Waals surface area contributed by atoms with E-state index in [-0.39, 0.29) is 5.91 Å². The van der Waals surface area contributed by atoms with Crippen molar-refractivity contribution in [2.24, 2.45) is 5.92 Å². The van der Waals surface area contributed by atoms with Crippen molar-refractivity contribution in [3.8, 4) is 11.5 Å². The van der Waals surface area contributed by atoms with Crippen LogP contribution >= 0.6 is 15.9 Å². The molecular weight excluding hydrogens is 384 g/mol. The smallest absolute Gasteiger partial charge is 0.251 e. The van der Waals surface area contributed by atoms with Crippen LogP contribution in [0, 0.1) is 5.92 Å². The van der Waals surface area contributed by atoms with Gasteiger partial charge in [-0.3, -0.25) is 9.69 Å². The Morgan fingerprint density at radius 1 is 1.24 bits per heavy atom. The van der Waals surface area contributed by atoms with Gasteiger partial charge in [0.1, 0.15) is 0 Å². The Kier molecular flexibility index (Phi) is 9.28. The van der Waals surface area contributed by atoms with E-state index in [1.54, 1.807) is 19.2 Å². The molecule has 142 valence electrons. The molecular formula is C19H31BrN2O3. The maximum absolute atomic E-state index is 12.6. The number of benzene rings is 1. The van der Waals surface area contributed by atoms with Gasteiger partial charge in [-0.2, -0.15) is 0 Å². The minimum atomic E-state index is -0.111. The zero-order valence-electron chi connectivity index (χ0n) is 16.2. The van der Waals surface area contributed by atoms with Crippen LogP contribution in [0.3, 0.4) is 0 Å². The van der Waals surface area contributed by atoms with E-state index < -0.39 is 0 Å². The van der Waals surface area contributed by atoms with Gasteiger partial charge in [0.2, 0.25) is 0 Å². The van der Waals surface area contributed by atoms with Gasteiger partial charge >= 0.3 is 0 Å². The number of ether oxygens (including phenoxy) is 2. The van der Waals surface area contributed by atoms with E-state index in [0.29, 0.717) is 46.6 Å². The molecule has 0 radical (unpaired) electrons. The summed E-state index contributed by atoms with van der Waals surface area (Å²) in [6, 6.07) is 3.80. The number of likely N-dealkylation sites (N-methyl/N-ethyl adjacent to an activating group) is 1. The van der Waals surface area contributed by atoms with Crippen molar-refractivity contribution < 1.29 is 14.3 Å². The number of carbonyl (C=O) groups is 1. The Labute approximate surface area is 160 Å². The standard InChI is InChI=1S/C19H31BrN2O3/c1-7-22(8-2)16(13(4)5)12-21-19(23)14-10-15(20)18(25-9-3)17(11-14)24-6/h10-11,13,16H,7-9,12H2,1-6H3,(H,21,23). The average Bonchev–Trinajstić information content (AvgIpc) is 2.59. The summed E-state index contributed by atoms with van der Waals surface area (Å²) in [5, 5.41) is 3.06. The van der Waals surface area contributed by atoms with Gasteiger partial charge in [-0.1, -0.05) is 27.7 Å². The minimum absolute atomic E-state index is 0.111. The Balaban J connectivity index is 2.91. The van der Waals surface area contributed by atoms with Gasteiger partial charge in [-0.15, -0.1) is 0 Å². The zero-order chi connectivity index (χ0) is 19.0. The maximum Gasteiger partial charge on any atom is 0.251 e. The van der Waals surface area contributed by atoms with Crippen LogP contribution in [0.4, 0.5) is 0 Å². The number of carbonyl (C=O) groups excluding carboxylic acids is 1. The van der Waals surface area contributed by atoms with Crippen molar-refractivity contribution in [1.82, 2.24) is 10.2 Å². The lowest BCUT2D eigenvalue weighted by Gasteiger charge is -2.32. The van der Waals surface area contributed by atoms with E-state index in [9.17, 15) is 4.79 Å². The molecule has 0 saturated carbocycles. The lowest BCUT2D eigenvalue weighted by Crippen LogP contribution is -2.46. The van der Waals surface area contributed by atoms with Gasteiger partial charge in [-0.25, -0.2) is 0 Å². The number of amides is 1. The van der Waals surface area contributed by atoms with Gasteiger partial charge in [0.25, 0.3) is 5.91 Å². The van der Waals surface area contributed by atoms with Crippen molar-refractivity contribution in [1.29, 1.82) is 0 Å². The predicted molar refractivity (Wildman–Crippen MR) is 106 cm³/mol. The fraction of sp³-hybridized carbons (Fsp3) is 0.632. The van der Waals surface area contributed by atoms with Crippen LogP contribution in [0.5, 0.6) is 11.5 Å². The molecule has 1 aromatic rings. The highest BCUT2D eigenvalue weighted by molar-refractivity contribution is 9.10. The lowest BCUT2D eigenvalue weighted by atomic mass is 10.0. The summed E-state index contributed by atoms with van der Waals surface area (Å²) in [4.78, 5) is 15.0. The second kappa shape index (κ2) is 10.7. The number of hydrogen-bond acceptors (Lipinski definition) is 4. The van der Waals surface area contributed by atoms with Crippen molar-refractivity contribution in [3.05, 3.63) is 22.2 Å².